The van der Waals surface area contributed by atoms with Crippen LogP contribution in [0.3, 0.4) is 0 Å². The predicted molar refractivity (Wildman–Crippen MR) is 162 cm³/mol. The molecule has 1 aliphatic rings. The van der Waals surface area contributed by atoms with E-state index in [0.717, 1.165) is 63.8 Å². The molecule has 2 aromatic carbocycles. The molecule has 1 aliphatic carbocycles. The van der Waals surface area contributed by atoms with Crippen molar-refractivity contribution in [3.8, 4) is 0 Å². The lowest BCUT2D eigenvalue weighted by molar-refractivity contribution is 0.0761. The number of carbonyl (C=O) groups is 2. The fraction of sp³-hybridized carbons (Fsp3) is 0.375. The Hall–Kier alpha value is -4.20. The van der Waals surface area contributed by atoms with Gasteiger partial charge < -0.3 is 21.3 Å². The van der Waals surface area contributed by atoms with Gasteiger partial charge in [-0.05, 0) is 68.2 Å². The number of amides is 4. The molecule has 0 aliphatic heterocycles. The number of aryl methyl sites for hydroxylation is 2. The van der Waals surface area contributed by atoms with Crippen molar-refractivity contribution in [1.29, 1.82) is 0 Å². The van der Waals surface area contributed by atoms with Crippen molar-refractivity contribution in [3.63, 3.8) is 0 Å². The molecule has 4 amide bonds. The Morgan fingerprint density at radius 3 is 1.90 bits per heavy atom. The van der Waals surface area contributed by atoms with Crippen molar-refractivity contribution in [2.24, 2.45) is 10.8 Å². The summed E-state index contributed by atoms with van der Waals surface area (Å²) in [6, 6.07) is 18.9. The average Bonchev–Trinajstić information content (AvgIpc) is 2.86. The van der Waals surface area contributed by atoms with Crippen molar-refractivity contribution in [2.45, 2.75) is 59.9 Å². The zero-order chi connectivity index (χ0) is 28.5. The summed E-state index contributed by atoms with van der Waals surface area (Å²) < 4.78 is 0. The number of nitrogens with one attached hydrogen (secondary N) is 4. The number of pyridine rings is 2. The third kappa shape index (κ3) is 6.33. The van der Waals surface area contributed by atoms with E-state index in [9.17, 15) is 9.59 Å². The minimum absolute atomic E-state index is 0.00146. The molecule has 2 atom stereocenters. The van der Waals surface area contributed by atoms with Crippen LogP contribution in [0.5, 0.6) is 0 Å². The van der Waals surface area contributed by atoms with Crippen LogP contribution in [0.4, 0.5) is 21.0 Å². The highest BCUT2D eigenvalue weighted by molar-refractivity contribution is 6.01. The number of fused-ring (bicyclic) bond motifs is 2. The smallest absolute Gasteiger partial charge is 0.319 e. The molecular formula is C32H38N6O2. The quantitative estimate of drug-likeness (QED) is 0.221. The molecule has 2 heterocycles. The van der Waals surface area contributed by atoms with E-state index in [1.807, 2.05) is 74.5 Å². The van der Waals surface area contributed by atoms with Gasteiger partial charge in [0.1, 0.15) is 0 Å². The summed E-state index contributed by atoms with van der Waals surface area (Å²) in [6.07, 6.45) is 2.56. The number of nitrogens with zero attached hydrogens (tertiary/aromatic N) is 2. The van der Waals surface area contributed by atoms with Gasteiger partial charge in [-0.1, -0.05) is 57.2 Å². The third-order valence-electron chi connectivity index (χ3n) is 7.64. The van der Waals surface area contributed by atoms with Crippen molar-refractivity contribution in [2.75, 3.05) is 17.2 Å². The highest BCUT2D eigenvalue weighted by Gasteiger charge is 2.42. The molecule has 0 spiro atoms. The van der Waals surface area contributed by atoms with Gasteiger partial charge in [0.25, 0.3) is 0 Å². The van der Waals surface area contributed by atoms with Gasteiger partial charge in [-0.2, -0.15) is 0 Å². The van der Waals surface area contributed by atoms with Gasteiger partial charge in [-0.25, -0.2) is 9.59 Å². The Morgan fingerprint density at radius 2 is 1.32 bits per heavy atom. The van der Waals surface area contributed by atoms with Crippen molar-refractivity contribution in [3.05, 3.63) is 72.1 Å². The Bertz CT molecular complexity index is 1580. The molecule has 4 N–H and O–H groups in total. The largest absolute Gasteiger partial charge is 0.337 e. The summed E-state index contributed by atoms with van der Waals surface area (Å²) in [4.78, 5) is 35.2. The second-order valence-electron chi connectivity index (χ2n) is 12.3. The number of urea groups is 2. The molecule has 2 aromatic heterocycles. The number of para-hydroxylation sites is 2. The second kappa shape index (κ2) is 10.8. The topological polar surface area (TPSA) is 108 Å². The first-order chi connectivity index (χ1) is 19.0. The number of anilines is 2. The minimum Gasteiger partial charge on any atom is -0.337 e. The maximum Gasteiger partial charge on any atom is 0.319 e. The first-order valence-corrected chi connectivity index (χ1v) is 13.8. The zero-order valence-electron chi connectivity index (χ0n) is 23.9. The highest BCUT2D eigenvalue weighted by Crippen LogP contribution is 2.45. The summed E-state index contributed by atoms with van der Waals surface area (Å²) in [5.41, 5.74) is 4.69. The van der Waals surface area contributed by atoms with Gasteiger partial charge in [-0.3, -0.25) is 9.97 Å². The van der Waals surface area contributed by atoms with Crippen LogP contribution in [-0.2, 0) is 0 Å². The fourth-order valence-electron chi connectivity index (χ4n) is 6.50. The summed E-state index contributed by atoms with van der Waals surface area (Å²) in [5.74, 6) is 0. The standard InChI is InChI=1S/C32H38N6O2/c1-20-14-27(23-10-6-8-12-25(23)34-20)37-29(39)33-19-32(5)17-22(16-31(3,4)18-32)36-30(40)38-28-15-21(2)35-26-13-9-7-11-24(26)28/h6-15,22H,16-19H2,1-5H3,(H2,33,34,37,39)(H2,35,36,38,40)/t22-,32+/m0/s1. The van der Waals surface area contributed by atoms with Crippen LogP contribution >= 0.6 is 0 Å². The van der Waals surface area contributed by atoms with Crippen molar-refractivity contribution in [1.82, 2.24) is 20.6 Å². The molecule has 8 heteroatoms. The third-order valence-corrected chi connectivity index (χ3v) is 7.64. The van der Waals surface area contributed by atoms with E-state index in [-0.39, 0.29) is 28.9 Å². The van der Waals surface area contributed by atoms with E-state index in [4.69, 9.17) is 0 Å². The molecule has 0 unspecified atom stereocenters. The molecule has 0 bridgehead atoms. The molecular weight excluding hydrogens is 500 g/mol. The molecule has 40 heavy (non-hydrogen) atoms. The SMILES string of the molecule is Cc1cc(NC(=O)NC[C@]2(C)C[C@@H](NC(=O)Nc3cc(C)nc4ccccc34)CC(C)(C)C2)c2ccccc2n1. The average molecular weight is 539 g/mol. The van der Waals surface area contributed by atoms with E-state index < -0.39 is 0 Å². The number of benzene rings is 2. The van der Waals surface area contributed by atoms with Crippen LogP contribution in [0.1, 0.15) is 51.4 Å². The van der Waals surface area contributed by atoms with Crippen LogP contribution in [0.25, 0.3) is 21.8 Å². The zero-order valence-corrected chi connectivity index (χ0v) is 23.9. The Labute approximate surface area is 235 Å². The van der Waals surface area contributed by atoms with Crippen molar-refractivity contribution >= 4 is 45.2 Å². The van der Waals surface area contributed by atoms with Crippen LogP contribution in [0.2, 0.25) is 0 Å². The van der Waals surface area contributed by atoms with E-state index in [1.165, 1.54) is 0 Å². The van der Waals surface area contributed by atoms with Gasteiger partial charge in [0, 0.05) is 34.7 Å². The van der Waals surface area contributed by atoms with E-state index in [0.29, 0.717) is 6.54 Å². The Kier molecular flexibility index (Phi) is 7.36. The number of carbonyl (C=O) groups excluding carboxylic acids is 2. The lowest BCUT2D eigenvalue weighted by Gasteiger charge is -2.46. The van der Waals surface area contributed by atoms with Gasteiger partial charge in [0.15, 0.2) is 0 Å². The fourth-order valence-corrected chi connectivity index (χ4v) is 6.50. The summed E-state index contributed by atoms with van der Waals surface area (Å²) in [5, 5.41) is 14.2. The Balaban J connectivity index is 1.23. The van der Waals surface area contributed by atoms with E-state index in [2.05, 4.69) is 52.0 Å². The predicted octanol–water partition coefficient (Wildman–Crippen LogP) is 6.93. The first-order valence-electron chi connectivity index (χ1n) is 13.8. The van der Waals surface area contributed by atoms with Gasteiger partial charge in [-0.15, -0.1) is 0 Å². The molecule has 8 nitrogen and oxygen atoms in total. The van der Waals surface area contributed by atoms with Crippen LogP contribution in [0, 0.1) is 24.7 Å². The Morgan fingerprint density at radius 1 is 0.800 bits per heavy atom. The monoisotopic (exact) mass is 538 g/mol. The van der Waals surface area contributed by atoms with Gasteiger partial charge >= 0.3 is 12.1 Å². The summed E-state index contributed by atoms with van der Waals surface area (Å²) >= 11 is 0. The van der Waals surface area contributed by atoms with Gasteiger partial charge in [0.2, 0.25) is 0 Å². The molecule has 5 rings (SSSR count). The van der Waals surface area contributed by atoms with Crippen LogP contribution in [0.15, 0.2) is 60.7 Å². The lowest BCUT2D eigenvalue weighted by Crippen LogP contribution is -2.51. The number of hydrogen-bond acceptors (Lipinski definition) is 4. The van der Waals surface area contributed by atoms with Gasteiger partial charge in [0.05, 0.1) is 22.4 Å². The molecule has 1 saturated carbocycles. The minimum atomic E-state index is -0.248. The molecule has 1 fully saturated rings. The maximum absolute atomic E-state index is 13.1. The maximum atomic E-state index is 13.1. The van der Waals surface area contributed by atoms with E-state index >= 15 is 0 Å². The number of rotatable bonds is 5. The van der Waals surface area contributed by atoms with Crippen molar-refractivity contribution < 1.29 is 9.59 Å². The summed E-state index contributed by atoms with van der Waals surface area (Å²) in [7, 11) is 0. The highest BCUT2D eigenvalue weighted by atomic mass is 16.2. The van der Waals surface area contributed by atoms with Crippen LogP contribution < -0.4 is 21.3 Å². The number of aromatic nitrogens is 2. The molecule has 0 saturated heterocycles. The first kappa shape index (κ1) is 27.4. The normalized spacial score (nSPS) is 20.2. The van der Waals surface area contributed by atoms with Crippen LogP contribution in [-0.4, -0.2) is 34.6 Å². The second-order valence-corrected chi connectivity index (χ2v) is 12.3. The summed E-state index contributed by atoms with van der Waals surface area (Å²) in [6.45, 7) is 11.0. The molecule has 0 radical (unpaired) electrons. The van der Waals surface area contributed by atoms with E-state index in [1.54, 1.807) is 0 Å². The molecule has 4 aromatic rings. The lowest BCUT2D eigenvalue weighted by atomic mass is 9.62. The molecule has 208 valence electrons. The number of hydrogen-bond donors (Lipinski definition) is 4.